The number of ketones is 1. The van der Waals surface area contributed by atoms with Crippen LogP contribution in [0.2, 0.25) is 0 Å². The summed E-state index contributed by atoms with van der Waals surface area (Å²) >= 11 is 0. The Labute approximate surface area is 114 Å². The molecule has 2 saturated carbocycles. The Morgan fingerprint density at radius 1 is 1.32 bits per heavy atom. The first-order valence-corrected chi connectivity index (χ1v) is 7.45. The molecule has 3 fully saturated rings. The van der Waals surface area contributed by atoms with Crippen LogP contribution in [0, 0.1) is 29.6 Å². The highest BCUT2D eigenvalue weighted by Gasteiger charge is 2.56. The van der Waals surface area contributed by atoms with Crippen LogP contribution in [-0.4, -0.2) is 23.9 Å². The van der Waals surface area contributed by atoms with E-state index in [4.69, 9.17) is 10.5 Å². The molecule has 0 unspecified atom stereocenters. The Balaban J connectivity index is 1.92. The van der Waals surface area contributed by atoms with Crippen molar-refractivity contribution in [3.05, 3.63) is 0 Å². The lowest BCUT2D eigenvalue weighted by Crippen LogP contribution is -2.49. The lowest BCUT2D eigenvalue weighted by molar-refractivity contribution is -0.144. The van der Waals surface area contributed by atoms with Crippen molar-refractivity contribution in [3.8, 4) is 0 Å². The summed E-state index contributed by atoms with van der Waals surface area (Å²) in [5, 5.41) is 0. The summed E-state index contributed by atoms with van der Waals surface area (Å²) in [6.07, 6.45) is 3.75. The number of carbonyl (C=O) groups excluding carboxylic acids is 2. The molecule has 1 heterocycles. The molecule has 2 N–H and O–H groups in total. The first-order chi connectivity index (χ1) is 8.99. The molecule has 0 radical (unpaired) electrons. The van der Waals surface area contributed by atoms with Gasteiger partial charge in [-0.3, -0.25) is 9.59 Å². The second kappa shape index (κ2) is 4.58. The first-order valence-electron chi connectivity index (χ1n) is 7.45. The Kier molecular flexibility index (Phi) is 3.16. The molecule has 0 amide bonds. The highest BCUT2D eigenvalue weighted by Crippen LogP contribution is 2.52. The smallest absolute Gasteiger partial charge is 0.309 e. The molecule has 7 atom stereocenters. The van der Waals surface area contributed by atoms with Gasteiger partial charge in [-0.15, -0.1) is 0 Å². The van der Waals surface area contributed by atoms with E-state index in [9.17, 15) is 9.59 Å². The molecule has 106 valence electrons. The van der Waals surface area contributed by atoms with Crippen molar-refractivity contribution >= 4 is 11.8 Å². The molecule has 0 aromatic carbocycles. The molecule has 1 saturated heterocycles. The van der Waals surface area contributed by atoms with Gasteiger partial charge >= 0.3 is 5.97 Å². The Morgan fingerprint density at radius 3 is 2.74 bits per heavy atom. The van der Waals surface area contributed by atoms with Crippen LogP contribution in [0.15, 0.2) is 0 Å². The van der Waals surface area contributed by atoms with Crippen LogP contribution in [0.1, 0.15) is 39.5 Å². The van der Waals surface area contributed by atoms with Crippen LogP contribution in [0.3, 0.4) is 0 Å². The van der Waals surface area contributed by atoms with Crippen LogP contribution in [0.25, 0.3) is 0 Å². The van der Waals surface area contributed by atoms with E-state index in [0.29, 0.717) is 11.8 Å². The fourth-order valence-corrected chi connectivity index (χ4v) is 4.88. The average Bonchev–Trinajstić information content (AvgIpc) is 2.61. The summed E-state index contributed by atoms with van der Waals surface area (Å²) in [5.74, 6) is 0.993. The van der Waals surface area contributed by atoms with Gasteiger partial charge in [-0.1, -0.05) is 0 Å². The quantitative estimate of drug-likeness (QED) is 0.730. The molecule has 19 heavy (non-hydrogen) atoms. The fraction of sp³-hybridized carbons (Fsp3) is 0.867. The Bertz CT molecular complexity index is 408. The number of cyclic esters (lactones) is 1. The largest absolute Gasteiger partial charge is 0.462 e. The Morgan fingerprint density at radius 2 is 2.05 bits per heavy atom. The SMILES string of the molecule is CC(=O)[C@H]1[C@@H]2CC[C@@H](N)C[C@H]2C[C@H]2C(=O)O[C@H](C)[C@@H]12. The van der Waals surface area contributed by atoms with Gasteiger partial charge in [0.25, 0.3) is 0 Å². The molecule has 0 bridgehead atoms. The summed E-state index contributed by atoms with van der Waals surface area (Å²) in [6, 6.07) is 0.236. The second-order valence-electron chi connectivity index (χ2n) is 6.70. The van der Waals surface area contributed by atoms with Gasteiger partial charge in [0.2, 0.25) is 0 Å². The molecule has 1 aliphatic heterocycles. The summed E-state index contributed by atoms with van der Waals surface area (Å²) in [4.78, 5) is 24.1. The van der Waals surface area contributed by atoms with Gasteiger partial charge in [0, 0.05) is 17.9 Å². The predicted molar refractivity (Wildman–Crippen MR) is 70.1 cm³/mol. The van der Waals surface area contributed by atoms with Crippen LogP contribution in [0.5, 0.6) is 0 Å². The van der Waals surface area contributed by atoms with E-state index in [2.05, 4.69) is 0 Å². The third kappa shape index (κ3) is 2.00. The highest BCUT2D eigenvalue weighted by atomic mass is 16.6. The van der Waals surface area contributed by atoms with E-state index in [-0.39, 0.29) is 41.7 Å². The maximum Gasteiger partial charge on any atom is 0.309 e. The number of fused-ring (bicyclic) bond motifs is 2. The Hall–Kier alpha value is -0.900. The minimum atomic E-state index is -0.108. The zero-order valence-corrected chi connectivity index (χ0v) is 11.7. The number of esters is 1. The minimum absolute atomic E-state index is 0.00213. The third-order valence-electron chi connectivity index (χ3n) is 5.60. The van der Waals surface area contributed by atoms with Gasteiger partial charge in [-0.2, -0.15) is 0 Å². The normalized spacial score (nSPS) is 49.2. The molecule has 3 aliphatic rings. The molecule has 4 heteroatoms. The number of ether oxygens (including phenoxy) is 1. The van der Waals surface area contributed by atoms with Crippen LogP contribution in [-0.2, 0) is 14.3 Å². The molecular weight excluding hydrogens is 242 g/mol. The molecule has 0 spiro atoms. The minimum Gasteiger partial charge on any atom is -0.462 e. The number of Topliss-reactive ketones (excluding diaryl/α,β-unsaturated/α-hetero) is 1. The van der Waals surface area contributed by atoms with Crippen molar-refractivity contribution in [2.45, 2.75) is 51.7 Å². The van der Waals surface area contributed by atoms with Crippen LogP contribution >= 0.6 is 0 Å². The van der Waals surface area contributed by atoms with Crippen molar-refractivity contribution in [3.63, 3.8) is 0 Å². The zero-order valence-electron chi connectivity index (χ0n) is 11.7. The number of rotatable bonds is 1. The van der Waals surface area contributed by atoms with Crippen molar-refractivity contribution < 1.29 is 14.3 Å². The van der Waals surface area contributed by atoms with Gasteiger partial charge in [-0.25, -0.2) is 0 Å². The van der Waals surface area contributed by atoms with E-state index >= 15 is 0 Å². The lowest BCUT2D eigenvalue weighted by Gasteiger charge is -2.47. The lowest BCUT2D eigenvalue weighted by atomic mass is 9.56. The maximum atomic E-state index is 12.1. The van der Waals surface area contributed by atoms with Crippen molar-refractivity contribution in [1.29, 1.82) is 0 Å². The van der Waals surface area contributed by atoms with E-state index in [1.807, 2.05) is 6.92 Å². The summed E-state index contributed by atoms with van der Waals surface area (Å²) in [5.41, 5.74) is 6.06. The van der Waals surface area contributed by atoms with Gasteiger partial charge in [0.05, 0.1) is 5.92 Å². The second-order valence-corrected chi connectivity index (χ2v) is 6.70. The number of carbonyl (C=O) groups is 2. The summed E-state index contributed by atoms with van der Waals surface area (Å²) in [6.45, 7) is 3.61. The summed E-state index contributed by atoms with van der Waals surface area (Å²) in [7, 11) is 0. The first kappa shape index (κ1) is 13.1. The van der Waals surface area contributed by atoms with Crippen LogP contribution < -0.4 is 5.73 Å². The summed E-state index contributed by atoms with van der Waals surface area (Å²) < 4.78 is 5.40. The van der Waals surface area contributed by atoms with Gasteiger partial charge < -0.3 is 10.5 Å². The van der Waals surface area contributed by atoms with Crippen molar-refractivity contribution in [2.24, 2.45) is 35.3 Å². The fourth-order valence-electron chi connectivity index (χ4n) is 4.88. The monoisotopic (exact) mass is 265 g/mol. The van der Waals surface area contributed by atoms with Gasteiger partial charge in [-0.05, 0) is 51.4 Å². The molecule has 2 aliphatic carbocycles. The number of hydrogen-bond acceptors (Lipinski definition) is 4. The van der Waals surface area contributed by atoms with E-state index in [1.165, 1.54) is 0 Å². The van der Waals surface area contributed by atoms with E-state index < -0.39 is 0 Å². The van der Waals surface area contributed by atoms with Gasteiger partial charge in [0.15, 0.2) is 0 Å². The van der Waals surface area contributed by atoms with Crippen LogP contribution in [0.4, 0.5) is 0 Å². The predicted octanol–water partition coefficient (Wildman–Crippen LogP) is 1.52. The van der Waals surface area contributed by atoms with Crippen molar-refractivity contribution in [1.82, 2.24) is 0 Å². The molecule has 4 nitrogen and oxygen atoms in total. The number of nitrogens with two attached hydrogens (primary N) is 1. The molecular formula is C15H23NO3. The average molecular weight is 265 g/mol. The maximum absolute atomic E-state index is 12.1. The zero-order chi connectivity index (χ0) is 13.7. The molecule has 3 rings (SSSR count). The topological polar surface area (TPSA) is 69.4 Å². The standard InChI is InChI=1S/C15H23NO3/c1-7(17)13-11-4-3-10(16)5-9(11)6-12-14(13)8(2)19-15(12)18/h8-14H,3-6,16H2,1-2H3/t8-,9+,10-,11-,12-,13+,14-/m1/s1. The van der Waals surface area contributed by atoms with Crippen molar-refractivity contribution in [2.75, 3.05) is 0 Å². The molecule has 0 aromatic heterocycles. The third-order valence-corrected chi connectivity index (χ3v) is 5.60. The number of hydrogen-bond donors (Lipinski definition) is 1. The molecule has 0 aromatic rings. The van der Waals surface area contributed by atoms with Gasteiger partial charge in [0.1, 0.15) is 11.9 Å². The van der Waals surface area contributed by atoms with E-state index in [1.54, 1.807) is 6.92 Å². The highest BCUT2D eigenvalue weighted by molar-refractivity contribution is 5.82. The van der Waals surface area contributed by atoms with E-state index in [0.717, 1.165) is 25.7 Å².